The van der Waals surface area contributed by atoms with Crippen molar-refractivity contribution >= 4 is 34.8 Å². The molecule has 0 saturated carbocycles. The number of hydrogen-bond donors (Lipinski definition) is 2. The van der Waals surface area contributed by atoms with Crippen molar-refractivity contribution in [3.05, 3.63) is 65.5 Å². The molecule has 116 valence electrons. The molecule has 22 heavy (non-hydrogen) atoms. The summed E-state index contributed by atoms with van der Waals surface area (Å²) in [4.78, 5) is 0. The molecule has 0 unspecified atom stereocenters. The first-order valence-corrected chi connectivity index (χ1v) is 8.63. The number of rotatable bonds is 6. The van der Waals surface area contributed by atoms with E-state index >= 15 is 0 Å². The van der Waals surface area contributed by atoms with E-state index in [2.05, 4.69) is 41.8 Å². The maximum atomic E-state index is 13.1. The Bertz CT molecular complexity index is 632. The minimum absolute atomic E-state index is 0.276. The highest BCUT2D eigenvalue weighted by atomic mass is 32.2. The van der Waals surface area contributed by atoms with Crippen LogP contribution in [0, 0.1) is 12.7 Å². The second-order valence-electron chi connectivity index (χ2n) is 4.93. The molecule has 0 aliphatic rings. The van der Waals surface area contributed by atoms with Crippen molar-refractivity contribution in [3.8, 4) is 0 Å². The molecule has 0 aromatic heterocycles. The third-order valence-electron chi connectivity index (χ3n) is 2.97. The van der Waals surface area contributed by atoms with Crippen LogP contribution >= 0.6 is 24.0 Å². The summed E-state index contributed by atoms with van der Waals surface area (Å²) in [5.74, 6) is 1.67. The number of halogens is 1. The Morgan fingerprint density at radius 2 is 2.00 bits per heavy atom. The smallest absolute Gasteiger partial charge is 0.170 e. The van der Waals surface area contributed by atoms with Crippen molar-refractivity contribution in [1.29, 1.82) is 0 Å². The second-order valence-corrected chi connectivity index (χ2v) is 6.45. The minimum Gasteiger partial charge on any atom is -0.362 e. The Balaban J connectivity index is 1.63. The first-order valence-electron chi connectivity index (χ1n) is 7.07. The lowest BCUT2D eigenvalue weighted by molar-refractivity contribution is 0.628. The summed E-state index contributed by atoms with van der Waals surface area (Å²) >= 11 is 7.04. The fraction of sp³-hybridized carbons (Fsp3) is 0.235. The van der Waals surface area contributed by atoms with Gasteiger partial charge in [0.25, 0.3) is 0 Å². The van der Waals surface area contributed by atoms with E-state index in [1.807, 2.05) is 11.8 Å². The molecule has 2 nitrogen and oxygen atoms in total. The highest BCUT2D eigenvalue weighted by Crippen LogP contribution is 2.13. The Kier molecular flexibility index (Phi) is 6.68. The summed E-state index contributed by atoms with van der Waals surface area (Å²) in [5, 5.41) is 6.61. The minimum atomic E-state index is -0.276. The van der Waals surface area contributed by atoms with Crippen LogP contribution < -0.4 is 10.6 Å². The predicted molar refractivity (Wildman–Crippen MR) is 98.0 cm³/mol. The van der Waals surface area contributed by atoms with Gasteiger partial charge in [0.15, 0.2) is 5.11 Å². The third kappa shape index (κ3) is 6.03. The van der Waals surface area contributed by atoms with Gasteiger partial charge in [-0.05, 0) is 42.9 Å². The Morgan fingerprint density at radius 1 is 1.18 bits per heavy atom. The third-order valence-corrected chi connectivity index (χ3v) is 4.24. The van der Waals surface area contributed by atoms with Crippen molar-refractivity contribution < 1.29 is 4.39 Å². The quantitative estimate of drug-likeness (QED) is 0.606. The lowest BCUT2D eigenvalue weighted by Crippen LogP contribution is -2.30. The van der Waals surface area contributed by atoms with Crippen molar-refractivity contribution in [2.24, 2.45) is 0 Å². The molecule has 2 rings (SSSR count). The number of aryl methyl sites for hydroxylation is 1. The van der Waals surface area contributed by atoms with Crippen molar-refractivity contribution in [3.63, 3.8) is 0 Å². The maximum absolute atomic E-state index is 13.1. The highest BCUT2D eigenvalue weighted by molar-refractivity contribution is 7.98. The van der Waals surface area contributed by atoms with Gasteiger partial charge in [-0.1, -0.05) is 35.9 Å². The van der Waals surface area contributed by atoms with Gasteiger partial charge in [0.05, 0.1) is 0 Å². The van der Waals surface area contributed by atoms with Gasteiger partial charge in [-0.15, -0.1) is 0 Å². The number of hydrogen-bond acceptors (Lipinski definition) is 2. The monoisotopic (exact) mass is 334 g/mol. The summed E-state index contributed by atoms with van der Waals surface area (Å²) < 4.78 is 13.1. The number of anilines is 1. The fourth-order valence-electron chi connectivity index (χ4n) is 1.97. The number of thiocarbonyl (C=S) groups is 1. The Labute approximate surface area is 140 Å². The van der Waals surface area contributed by atoms with Gasteiger partial charge in [-0.3, -0.25) is 0 Å². The van der Waals surface area contributed by atoms with Gasteiger partial charge < -0.3 is 10.6 Å². The molecule has 0 aliphatic heterocycles. The molecular weight excluding hydrogens is 315 g/mol. The van der Waals surface area contributed by atoms with Crippen LogP contribution in [0.4, 0.5) is 10.1 Å². The average molecular weight is 334 g/mol. The first kappa shape index (κ1) is 16.8. The molecule has 0 aliphatic carbocycles. The molecule has 0 saturated heterocycles. The number of thioether (sulfide) groups is 1. The van der Waals surface area contributed by atoms with Crippen LogP contribution in [0.25, 0.3) is 0 Å². The van der Waals surface area contributed by atoms with Crippen LogP contribution in [0.2, 0.25) is 0 Å². The lowest BCUT2D eigenvalue weighted by Gasteiger charge is -2.10. The molecular formula is C17H19FN2S2. The van der Waals surface area contributed by atoms with Crippen LogP contribution in [0.1, 0.15) is 11.1 Å². The van der Waals surface area contributed by atoms with Crippen LogP contribution in [0.3, 0.4) is 0 Å². The molecule has 0 bridgehead atoms. The topological polar surface area (TPSA) is 24.1 Å². The molecule has 2 aromatic rings. The number of nitrogens with one attached hydrogen (secondary N) is 2. The van der Waals surface area contributed by atoms with Gasteiger partial charge in [-0.25, -0.2) is 4.39 Å². The van der Waals surface area contributed by atoms with Gasteiger partial charge in [0, 0.05) is 23.7 Å². The SMILES string of the molecule is Cc1cccc(CSCCNC(=S)Nc2cccc(F)c2)c1. The number of benzene rings is 2. The van der Waals surface area contributed by atoms with Crippen LogP contribution in [0.5, 0.6) is 0 Å². The summed E-state index contributed by atoms with van der Waals surface area (Å²) in [7, 11) is 0. The summed E-state index contributed by atoms with van der Waals surface area (Å²) in [6.07, 6.45) is 0. The molecule has 0 fully saturated rings. The molecule has 2 N–H and O–H groups in total. The highest BCUT2D eigenvalue weighted by Gasteiger charge is 1.99. The van der Waals surface area contributed by atoms with Gasteiger partial charge in [0.2, 0.25) is 0 Å². The Morgan fingerprint density at radius 3 is 2.77 bits per heavy atom. The van der Waals surface area contributed by atoms with E-state index < -0.39 is 0 Å². The molecule has 0 spiro atoms. The molecule has 2 aromatic carbocycles. The predicted octanol–water partition coefficient (Wildman–Crippen LogP) is 4.35. The van der Waals surface area contributed by atoms with Gasteiger partial charge >= 0.3 is 0 Å². The van der Waals surface area contributed by atoms with E-state index in [1.54, 1.807) is 12.1 Å². The van der Waals surface area contributed by atoms with E-state index in [0.717, 1.165) is 18.1 Å². The summed E-state index contributed by atoms with van der Waals surface area (Å²) in [6, 6.07) is 14.8. The van der Waals surface area contributed by atoms with Crippen LogP contribution in [-0.4, -0.2) is 17.4 Å². The standard InChI is InChI=1S/C17H19FN2S2/c1-13-4-2-5-14(10-13)12-22-9-8-19-17(21)20-16-7-3-6-15(18)11-16/h2-7,10-11H,8-9,12H2,1H3,(H2,19,20,21). The second kappa shape index (κ2) is 8.76. The first-order chi connectivity index (χ1) is 10.6. The molecule has 0 radical (unpaired) electrons. The normalized spacial score (nSPS) is 10.3. The zero-order valence-corrected chi connectivity index (χ0v) is 14.1. The van der Waals surface area contributed by atoms with Crippen LogP contribution in [-0.2, 0) is 5.75 Å². The lowest BCUT2D eigenvalue weighted by atomic mass is 10.2. The maximum Gasteiger partial charge on any atom is 0.170 e. The fourth-order valence-corrected chi connectivity index (χ4v) is 3.00. The zero-order chi connectivity index (χ0) is 15.8. The van der Waals surface area contributed by atoms with Gasteiger partial charge in [-0.2, -0.15) is 11.8 Å². The van der Waals surface area contributed by atoms with Crippen LogP contribution in [0.15, 0.2) is 48.5 Å². The van der Waals surface area contributed by atoms with Gasteiger partial charge in [0.1, 0.15) is 5.82 Å². The van der Waals surface area contributed by atoms with E-state index in [1.165, 1.54) is 23.3 Å². The van der Waals surface area contributed by atoms with E-state index in [9.17, 15) is 4.39 Å². The largest absolute Gasteiger partial charge is 0.362 e. The van der Waals surface area contributed by atoms with Crippen molar-refractivity contribution in [2.75, 3.05) is 17.6 Å². The zero-order valence-electron chi connectivity index (χ0n) is 12.4. The summed E-state index contributed by atoms with van der Waals surface area (Å²) in [5.41, 5.74) is 3.28. The molecule has 5 heteroatoms. The van der Waals surface area contributed by atoms with Crippen molar-refractivity contribution in [2.45, 2.75) is 12.7 Å². The van der Waals surface area contributed by atoms with E-state index in [0.29, 0.717) is 10.8 Å². The van der Waals surface area contributed by atoms with E-state index in [-0.39, 0.29) is 5.82 Å². The van der Waals surface area contributed by atoms with E-state index in [4.69, 9.17) is 12.2 Å². The average Bonchev–Trinajstić information content (AvgIpc) is 2.47. The molecule has 0 amide bonds. The molecule has 0 heterocycles. The Hall–Kier alpha value is -1.59. The molecule has 0 atom stereocenters. The summed E-state index contributed by atoms with van der Waals surface area (Å²) in [6.45, 7) is 2.88. The van der Waals surface area contributed by atoms with Crippen molar-refractivity contribution in [1.82, 2.24) is 5.32 Å².